The molecule has 1 saturated carbocycles. The van der Waals surface area contributed by atoms with E-state index in [1.165, 1.54) is 11.3 Å². The number of aliphatic carboxylic acids is 1. The molecule has 0 spiro atoms. The summed E-state index contributed by atoms with van der Waals surface area (Å²) in [7, 11) is 2.08. The fourth-order valence-corrected chi connectivity index (χ4v) is 3.62. The summed E-state index contributed by atoms with van der Waals surface area (Å²) in [5.41, 5.74) is 2.95. The number of carboxylic acids is 1. The largest absolute Gasteiger partial charge is 0.481 e. The molecule has 1 aliphatic carbocycles. The zero-order valence-electron chi connectivity index (χ0n) is 10.8. The summed E-state index contributed by atoms with van der Waals surface area (Å²) in [5.74, 6) is -0.636. The fourth-order valence-electron chi connectivity index (χ4n) is 3.62. The topological polar surface area (TPSA) is 40.5 Å². The molecule has 1 N–H and O–H groups in total. The van der Waals surface area contributed by atoms with Crippen molar-refractivity contribution in [2.24, 2.45) is 0 Å². The highest BCUT2D eigenvalue weighted by molar-refractivity contribution is 5.83. The summed E-state index contributed by atoms with van der Waals surface area (Å²) in [6.45, 7) is 1.00. The normalized spacial score (nSPS) is 21.1. The molecule has 1 aliphatic heterocycles. The first-order valence-electron chi connectivity index (χ1n) is 6.72. The van der Waals surface area contributed by atoms with Gasteiger partial charge >= 0.3 is 5.97 Å². The van der Waals surface area contributed by atoms with Crippen LogP contribution in [0.1, 0.15) is 36.8 Å². The van der Waals surface area contributed by atoms with E-state index in [0.29, 0.717) is 0 Å². The molecule has 0 amide bonds. The lowest BCUT2D eigenvalue weighted by Crippen LogP contribution is -2.33. The van der Waals surface area contributed by atoms with Crippen LogP contribution >= 0.6 is 0 Å². The SMILES string of the molecule is CN1CCc2c1cccc2C1(C(=O)O)CCCC1. The van der Waals surface area contributed by atoms with Gasteiger partial charge < -0.3 is 10.0 Å². The Balaban J connectivity index is 2.15. The molecule has 0 saturated heterocycles. The molecule has 0 atom stereocenters. The van der Waals surface area contributed by atoms with Crippen molar-refractivity contribution in [3.63, 3.8) is 0 Å². The van der Waals surface area contributed by atoms with E-state index in [9.17, 15) is 9.90 Å². The highest BCUT2D eigenvalue weighted by atomic mass is 16.4. The number of likely N-dealkylation sites (N-methyl/N-ethyl adjacent to an activating group) is 1. The highest BCUT2D eigenvalue weighted by Gasteiger charge is 2.45. The zero-order valence-corrected chi connectivity index (χ0v) is 10.8. The van der Waals surface area contributed by atoms with Crippen molar-refractivity contribution < 1.29 is 9.90 Å². The zero-order chi connectivity index (χ0) is 12.8. The second kappa shape index (κ2) is 4.01. The summed E-state index contributed by atoms with van der Waals surface area (Å²) in [6, 6.07) is 6.16. The lowest BCUT2D eigenvalue weighted by atomic mass is 9.76. The summed E-state index contributed by atoms with van der Waals surface area (Å²) in [6.07, 6.45) is 4.64. The van der Waals surface area contributed by atoms with Gasteiger partial charge in [-0.3, -0.25) is 4.79 Å². The first-order chi connectivity index (χ1) is 8.65. The first-order valence-corrected chi connectivity index (χ1v) is 6.72. The van der Waals surface area contributed by atoms with Crippen molar-refractivity contribution >= 4 is 11.7 Å². The number of carboxylic acid groups (broad SMARTS) is 1. The van der Waals surface area contributed by atoms with Gasteiger partial charge in [-0.25, -0.2) is 0 Å². The number of fused-ring (bicyclic) bond motifs is 1. The predicted octanol–water partition coefficient (Wildman–Crippen LogP) is 2.58. The van der Waals surface area contributed by atoms with Gasteiger partial charge in [-0.15, -0.1) is 0 Å². The van der Waals surface area contributed by atoms with Crippen LogP contribution in [-0.2, 0) is 16.6 Å². The number of hydrogen-bond donors (Lipinski definition) is 1. The molecule has 96 valence electrons. The van der Waals surface area contributed by atoms with E-state index in [4.69, 9.17) is 0 Å². The smallest absolute Gasteiger partial charge is 0.314 e. The third kappa shape index (κ3) is 1.46. The molecule has 0 bridgehead atoms. The number of carbonyl (C=O) groups is 1. The quantitative estimate of drug-likeness (QED) is 0.870. The van der Waals surface area contributed by atoms with E-state index in [1.54, 1.807) is 0 Å². The third-order valence-electron chi connectivity index (χ3n) is 4.64. The Morgan fingerprint density at radius 3 is 2.72 bits per heavy atom. The molecule has 1 aromatic rings. The van der Waals surface area contributed by atoms with Crippen molar-refractivity contribution in [1.82, 2.24) is 0 Å². The van der Waals surface area contributed by atoms with Gasteiger partial charge in [0.05, 0.1) is 5.41 Å². The van der Waals surface area contributed by atoms with Gasteiger partial charge in [0.15, 0.2) is 0 Å². The molecule has 2 aliphatic rings. The van der Waals surface area contributed by atoms with E-state index in [-0.39, 0.29) is 0 Å². The van der Waals surface area contributed by atoms with Gasteiger partial charge in [0.1, 0.15) is 0 Å². The molecule has 18 heavy (non-hydrogen) atoms. The van der Waals surface area contributed by atoms with E-state index in [0.717, 1.165) is 44.2 Å². The molecular weight excluding hydrogens is 226 g/mol. The number of nitrogens with zero attached hydrogens (tertiary/aromatic N) is 1. The number of anilines is 1. The van der Waals surface area contributed by atoms with Crippen molar-refractivity contribution in [2.75, 3.05) is 18.5 Å². The summed E-state index contributed by atoms with van der Waals surface area (Å²) >= 11 is 0. The van der Waals surface area contributed by atoms with Crippen molar-refractivity contribution in [2.45, 2.75) is 37.5 Å². The molecular formula is C15H19NO2. The Hall–Kier alpha value is -1.51. The molecule has 1 fully saturated rings. The molecule has 3 nitrogen and oxygen atoms in total. The van der Waals surface area contributed by atoms with Crippen molar-refractivity contribution in [1.29, 1.82) is 0 Å². The molecule has 1 aromatic carbocycles. The Morgan fingerprint density at radius 2 is 2.06 bits per heavy atom. The maximum atomic E-state index is 11.8. The Labute approximate surface area is 107 Å². The maximum absolute atomic E-state index is 11.8. The highest BCUT2D eigenvalue weighted by Crippen LogP contribution is 2.45. The number of rotatable bonds is 2. The van der Waals surface area contributed by atoms with Crippen molar-refractivity contribution in [3.8, 4) is 0 Å². The number of hydrogen-bond acceptors (Lipinski definition) is 2. The van der Waals surface area contributed by atoms with E-state index < -0.39 is 11.4 Å². The minimum absolute atomic E-state index is 0.615. The molecule has 0 radical (unpaired) electrons. The van der Waals surface area contributed by atoms with Crippen LogP contribution in [-0.4, -0.2) is 24.7 Å². The second-order valence-corrected chi connectivity index (χ2v) is 5.57. The summed E-state index contributed by atoms with van der Waals surface area (Å²) in [4.78, 5) is 14.0. The summed E-state index contributed by atoms with van der Waals surface area (Å²) in [5, 5.41) is 9.70. The third-order valence-corrected chi connectivity index (χ3v) is 4.64. The van der Waals surface area contributed by atoms with Crippen LogP contribution in [0.3, 0.4) is 0 Å². The molecule has 1 heterocycles. The van der Waals surface area contributed by atoms with E-state index in [1.807, 2.05) is 12.1 Å². The van der Waals surface area contributed by atoms with Gasteiger partial charge in [-0.05, 0) is 36.5 Å². The van der Waals surface area contributed by atoms with Crippen LogP contribution in [0.4, 0.5) is 5.69 Å². The fraction of sp³-hybridized carbons (Fsp3) is 0.533. The van der Waals surface area contributed by atoms with Gasteiger partial charge in [0.2, 0.25) is 0 Å². The van der Waals surface area contributed by atoms with Crippen LogP contribution in [0.5, 0.6) is 0 Å². The number of benzene rings is 1. The van der Waals surface area contributed by atoms with Gasteiger partial charge in [0.25, 0.3) is 0 Å². The lowest BCUT2D eigenvalue weighted by Gasteiger charge is -2.27. The van der Waals surface area contributed by atoms with E-state index in [2.05, 4.69) is 18.0 Å². The minimum Gasteiger partial charge on any atom is -0.481 e. The van der Waals surface area contributed by atoms with Crippen LogP contribution in [0.2, 0.25) is 0 Å². The minimum atomic E-state index is -0.636. The monoisotopic (exact) mass is 245 g/mol. The van der Waals surface area contributed by atoms with Gasteiger partial charge in [0, 0.05) is 19.3 Å². The standard InChI is InChI=1S/C15H19NO2/c1-16-10-7-11-12(5-4-6-13(11)16)15(14(17)18)8-2-3-9-15/h4-6H,2-3,7-10H2,1H3,(H,17,18). The average Bonchev–Trinajstić information content (AvgIpc) is 2.97. The first kappa shape index (κ1) is 11.6. The summed E-state index contributed by atoms with van der Waals surface area (Å²) < 4.78 is 0. The Bertz CT molecular complexity index is 489. The van der Waals surface area contributed by atoms with Crippen LogP contribution in [0.15, 0.2) is 18.2 Å². The van der Waals surface area contributed by atoms with Gasteiger partial charge in [-0.2, -0.15) is 0 Å². The van der Waals surface area contributed by atoms with Crippen LogP contribution in [0.25, 0.3) is 0 Å². The molecule has 3 rings (SSSR count). The predicted molar refractivity (Wildman–Crippen MR) is 71.2 cm³/mol. The second-order valence-electron chi connectivity index (χ2n) is 5.57. The van der Waals surface area contributed by atoms with Crippen LogP contribution in [0, 0.1) is 0 Å². The average molecular weight is 245 g/mol. The van der Waals surface area contributed by atoms with Gasteiger partial charge in [-0.1, -0.05) is 25.0 Å². The Morgan fingerprint density at radius 1 is 1.33 bits per heavy atom. The van der Waals surface area contributed by atoms with Crippen molar-refractivity contribution in [3.05, 3.63) is 29.3 Å². The van der Waals surface area contributed by atoms with Crippen LogP contribution < -0.4 is 4.90 Å². The maximum Gasteiger partial charge on any atom is 0.314 e. The lowest BCUT2D eigenvalue weighted by molar-refractivity contribution is -0.143. The Kier molecular flexibility index (Phi) is 2.58. The molecule has 3 heteroatoms. The molecule has 0 aromatic heterocycles. The van der Waals surface area contributed by atoms with E-state index >= 15 is 0 Å². The molecule has 0 unspecified atom stereocenters.